The van der Waals surface area contributed by atoms with Crippen molar-refractivity contribution in [2.45, 2.75) is 12.3 Å². The minimum absolute atomic E-state index is 0.139. The van der Waals surface area contributed by atoms with Gasteiger partial charge in [0.2, 0.25) is 0 Å². The lowest BCUT2D eigenvalue weighted by atomic mass is 10.1. The zero-order valence-electron chi connectivity index (χ0n) is 8.54. The smallest absolute Gasteiger partial charge is 0.307 e. The first-order valence-corrected chi connectivity index (χ1v) is 5.59. The van der Waals surface area contributed by atoms with Gasteiger partial charge in [-0.2, -0.15) is 0 Å². The quantitative estimate of drug-likeness (QED) is 0.930. The number of benzene rings is 1. The van der Waals surface area contributed by atoms with E-state index in [1.165, 1.54) is 13.2 Å². The van der Waals surface area contributed by atoms with Gasteiger partial charge in [0.1, 0.15) is 0 Å². The summed E-state index contributed by atoms with van der Waals surface area (Å²) in [5, 5.41) is 8.84. The molecule has 2 rings (SSSR count). The minimum Gasteiger partial charge on any atom is -0.493 e. The molecule has 3 nitrogen and oxygen atoms in total. The molecule has 1 fully saturated rings. The predicted molar refractivity (Wildman–Crippen MR) is 59.1 cm³/mol. The highest BCUT2D eigenvalue weighted by atomic mass is 79.9. The van der Waals surface area contributed by atoms with E-state index in [1.807, 2.05) is 0 Å². The van der Waals surface area contributed by atoms with Crippen LogP contribution >= 0.6 is 15.9 Å². The molecule has 0 heterocycles. The summed E-state index contributed by atoms with van der Waals surface area (Å²) in [5.74, 6) is -1.71. The number of halogens is 2. The molecular formula is C11H10BrFO3. The average Bonchev–Trinajstić information content (AvgIpc) is 2.95. The topological polar surface area (TPSA) is 46.5 Å². The molecule has 0 amide bonds. The van der Waals surface area contributed by atoms with Crippen LogP contribution in [-0.4, -0.2) is 18.2 Å². The Morgan fingerprint density at radius 2 is 2.31 bits per heavy atom. The normalized spacial score (nSPS) is 22.9. The number of hydrogen-bond acceptors (Lipinski definition) is 2. The van der Waals surface area contributed by atoms with Crippen LogP contribution < -0.4 is 4.74 Å². The van der Waals surface area contributed by atoms with Crippen molar-refractivity contribution in [3.05, 3.63) is 28.0 Å². The number of methoxy groups -OCH3 is 1. The van der Waals surface area contributed by atoms with Gasteiger partial charge >= 0.3 is 5.97 Å². The molecule has 0 bridgehead atoms. The van der Waals surface area contributed by atoms with Crippen LogP contribution in [0.4, 0.5) is 4.39 Å². The summed E-state index contributed by atoms with van der Waals surface area (Å²) in [6.07, 6.45) is 0.543. The minimum atomic E-state index is -0.840. The first-order chi connectivity index (χ1) is 7.54. The van der Waals surface area contributed by atoms with Gasteiger partial charge in [0, 0.05) is 16.0 Å². The second kappa shape index (κ2) is 4.05. The zero-order valence-corrected chi connectivity index (χ0v) is 10.1. The van der Waals surface area contributed by atoms with E-state index in [9.17, 15) is 9.18 Å². The van der Waals surface area contributed by atoms with Crippen molar-refractivity contribution in [3.8, 4) is 5.75 Å². The predicted octanol–water partition coefficient (Wildman–Crippen LogP) is 2.78. The molecule has 0 aliphatic heterocycles. The number of carboxylic acids is 1. The molecule has 0 unspecified atom stereocenters. The van der Waals surface area contributed by atoms with E-state index in [0.29, 0.717) is 16.5 Å². The first-order valence-electron chi connectivity index (χ1n) is 4.80. The summed E-state index contributed by atoms with van der Waals surface area (Å²) < 4.78 is 19.1. The van der Waals surface area contributed by atoms with Gasteiger partial charge in [-0.1, -0.05) is 15.9 Å². The van der Waals surface area contributed by atoms with Gasteiger partial charge in [-0.3, -0.25) is 4.79 Å². The van der Waals surface area contributed by atoms with Gasteiger partial charge in [-0.25, -0.2) is 4.39 Å². The maximum absolute atomic E-state index is 13.5. The molecule has 1 aliphatic carbocycles. The van der Waals surface area contributed by atoms with Gasteiger partial charge in [-0.05, 0) is 18.6 Å². The van der Waals surface area contributed by atoms with Crippen LogP contribution in [0.1, 0.15) is 17.9 Å². The fourth-order valence-corrected chi connectivity index (χ4v) is 2.33. The summed E-state index contributed by atoms with van der Waals surface area (Å²) in [6.45, 7) is 0. The Morgan fingerprint density at radius 3 is 2.81 bits per heavy atom. The van der Waals surface area contributed by atoms with Crippen molar-refractivity contribution in [2.75, 3.05) is 7.11 Å². The van der Waals surface area contributed by atoms with Gasteiger partial charge < -0.3 is 9.84 Å². The zero-order chi connectivity index (χ0) is 11.9. The largest absolute Gasteiger partial charge is 0.493 e. The highest BCUT2D eigenvalue weighted by Gasteiger charge is 2.46. The Balaban J connectivity index is 2.37. The van der Waals surface area contributed by atoms with Crippen molar-refractivity contribution in [1.29, 1.82) is 0 Å². The molecule has 0 aromatic heterocycles. The summed E-state index contributed by atoms with van der Waals surface area (Å²) in [5.41, 5.74) is 0.627. The number of carboxylic acid groups (broad SMARTS) is 1. The van der Waals surface area contributed by atoms with E-state index in [1.54, 1.807) is 6.07 Å². The molecular weight excluding hydrogens is 279 g/mol. The first kappa shape index (κ1) is 11.4. The highest BCUT2D eigenvalue weighted by molar-refractivity contribution is 9.10. The molecule has 1 aromatic carbocycles. The van der Waals surface area contributed by atoms with Crippen LogP contribution in [-0.2, 0) is 4.79 Å². The molecule has 1 aliphatic rings. The fourth-order valence-electron chi connectivity index (χ4n) is 1.88. The molecule has 0 saturated heterocycles. The van der Waals surface area contributed by atoms with Crippen LogP contribution in [0.25, 0.3) is 0 Å². The Kier molecular flexibility index (Phi) is 2.88. The molecule has 0 radical (unpaired) electrons. The fraction of sp³-hybridized carbons (Fsp3) is 0.364. The summed E-state index contributed by atoms with van der Waals surface area (Å²) >= 11 is 3.19. The Hall–Kier alpha value is -1.10. The van der Waals surface area contributed by atoms with Crippen LogP contribution in [0, 0.1) is 11.7 Å². The Labute approximate surface area is 100 Å². The Morgan fingerprint density at radius 1 is 1.62 bits per heavy atom. The Bertz CT molecular complexity index is 447. The second-order valence-corrected chi connectivity index (χ2v) is 4.71. The monoisotopic (exact) mass is 288 g/mol. The molecule has 5 heteroatoms. The number of hydrogen-bond donors (Lipinski definition) is 1. The summed E-state index contributed by atoms with van der Waals surface area (Å²) in [6, 6.07) is 3.02. The summed E-state index contributed by atoms with van der Waals surface area (Å²) in [4.78, 5) is 10.8. The SMILES string of the molecule is COc1c(F)cc(Br)cc1[C@@H]1C[C@H]1C(=O)O. The van der Waals surface area contributed by atoms with Gasteiger partial charge in [0.05, 0.1) is 13.0 Å². The third-order valence-electron chi connectivity index (χ3n) is 2.75. The number of ether oxygens (including phenoxy) is 1. The van der Waals surface area contributed by atoms with Crippen molar-refractivity contribution in [3.63, 3.8) is 0 Å². The maximum atomic E-state index is 13.5. The number of carbonyl (C=O) groups is 1. The third-order valence-corrected chi connectivity index (χ3v) is 3.21. The van der Waals surface area contributed by atoms with Gasteiger partial charge in [0.15, 0.2) is 11.6 Å². The van der Waals surface area contributed by atoms with Gasteiger partial charge in [0.25, 0.3) is 0 Å². The van der Waals surface area contributed by atoms with E-state index < -0.39 is 17.7 Å². The lowest BCUT2D eigenvalue weighted by molar-refractivity contribution is -0.138. The number of aliphatic carboxylic acids is 1. The van der Waals surface area contributed by atoms with Crippen molar-refractivity contribution < 1.29 is 19.0 Å². The molecule has 1 N–H and O–H groups in total. The molecule has 1 saturated carbocycles. The van der Waals surface area contributed by atoms with Crippen molar-refractivity contribution >= 4 is 21.9 Å². The highest BCUT2D eigenvalue weighted by Crippen LogP contribution is 2.51. The van der Waals surface area contributed by atoms with Crippen molar-refractivity contribution in [2.24, 2.45) is 5.92 Å². The van der Waals surface area contributed by atoms with E-state index in [2.05, 4.69) is 15.9 Å². The van der Waals surface area contributed by atoms with E-state index >= 15 is 0 Å². The molecule has 0 spiro atoms. The maximum Gasteiger partial charge on any atom is 0.307 e. The second-order valence-electron chi connectivity index (χ2n) is 3.80. The lowest BCUT2D eigenvalue weighted by Gasteiger charge is -2.09. The standard InChI is InChI=1S/C11H10BrFO3/c1-16-10-7(2-5(12)3-9(10)13)6-4-8(6)11(14)15/h2-3,6,8H,4H2,1H3,(H,14,15)/t6-,8+/m0/s1. The molecule has 86 valence electrons. The lowest BCUT2D eigenvalue weighted by Crippen LogP contribution is -2.01. The number of rotatable bonds is 3. The van der Waals surface area contributed by atoms with Crippen LogP contribution in [0.2, 0.25) is 0 Å². The van der Waals surface area contributed by atoms with Crippen molar-refractivity contribution in [1.82, 2.24) is 0 Å². The molecule has 1 aromatic rings. The van der Waals surface area contributed by atoms with Gasteiger partial charge in [-0.15, -0.1) is 0 Å². The van der Waals surface area contributed by atoms with E-state index in [0.717, 1.165) is 0 Å². The van der Waals surface area contributed by atoms with Crippen LogP contribution in [0.5, 0.6) is 5.75 Å². The van der Waals surface area contributed by atoms with E-state index in [-0.39, 0.29) is 11.7 Å². The van der Waals surface area contributed by atoms with Crippen LogP contribution in [0.3, 0.4) is 0 Å². The molecule has 2 atom stereocenters. The van der Waals surface area contributed by atoms with Crippen LogP contribution in [0.15, 0.2) is 16.6 Å². The molecule has 16 heavy (non-hydrogen) atoms. The third kappa shape index (κ3) is 1.91. The van der Waals surface area contributed by atoms with E-state index in [4.69, 9.17) is 9.84 Å². The average molecular weight is 289 g/mol. The summed E-state index contributed by atoms with van der Waals surface area (Å²) in [7, 11) is 1.38.